The SMILES string of the molecule is CCSSc1cc(F)c(F)c(F)c1. The van der Waals surface area contributed by atoms with E-state index in [0.717, 1.165) is 17.9 Å². The van der Waals surface area contributed by atoms with E-state index < -0.39 is 17.5 Å². The average molecular weight is 224 g/mol. The van der Waals surface area contributed by atoms with Gasteiger partial charge in [-0.2, -0.15) is 0 Å². The summed E-state index contributed by atoms with van der Waals surface area (Å²) in [5.74, 6) is -2.87. The molecular weight excluding hydrogens is 217 g/mol. The van der Waals surface area contributed by atoms with Crippen molar-refractivity contribution in [2.45, 2.75) is 11.8 Å². The van der Waals surface area contributed by atoms with Gasteiger partial charge in [-0.1, -0.05) is 28.5 Å². The normalized spacial score (nSPS) is 10.5. The topological polar surface area (TPSA) is 0 Å². The van der Waals surface area contributed by atoms with Crippen LogP contribution in [0.4, 0.5) is 13.2 Å². The van der Waals surface area contributed by atoms with Gasteiger partial charge in [-0.05, 0) is 12.1 Å². The summed E-state index contributed by atoms with van der Waals surface area (Å²) in [6, 6.07) is 1.98. The van der Waals surface area contributed by atoms with E-state index in [1.807, 2.05) is 6.92 Å². The summed E-state index contributed by atoms with van der Waals surface area (Å²) in [7, 11) is 2.67. The first-order chi connectivity index (χ1) is 6.15. The number of halogens is 3. The summed E-state index contributed by atoms with van der Waals surface area (Å²) < 4.78 is 37.7. The van der Waals surface area contributed by atoms with Gasteiger partial charge < -0.3 is 0 Å². The molecular formula is C8H7F3S2. The molecule has 0 aliphatic heterocycles. The van der Waals surface area contributed by atoms with E-state index in [0.29, 0.717) is 4.90 Å². The van der Waals surface area contributed by atoms with Gasteiger partial charge >= 0.3 is 0 Å². The van der Waals surface area contributed by atoms with E-state index in [1.54, 1.807) is 0 Å². The zero-order chi connectivity index (χ0) is 9.84. The zero-order valence-corrected chi connectivity index (χ0v) is 8.45. The first-order valence-corrected chi connectivity index (χ1v) is 5.91. The van der Waals surface area contributed by atoms with E-state index in [1.165, 1.54) is 21.6 Å². The molecule has 1 rings (SSSR count). The second kappa shape index (κ2) is 4.81. The third-order valence-corrected chi connectivity index (χ3v) is 3.65. The van der Waals surface area contributed by atoms with Gasteiger partial charge in [0.1, 0.15) is 0 Å². The third kappa shape index (κ3) is 2.84. The Labute approximate surface area is 82.3 Å². The molecule has 0 aliphatic rings. The minimum absolute atomic E-state index is 0.392. The quantitative estimate of drug-likeness (QED) is 0.564. The standard InChI is InChI=1S/C8H7F3S2/c1-2-12-13-5-3-6(9)8(11)7(10)4-5/h3-4H,2H2,1H3. The molecule has 0 fully saturated rings. The summed E-state index contributed by atoms with van der Waals surface area (Å²) in [5, 5.41) is 0. The van der Waals surface area contributed by atoms with Crippen LogP contribution in [-0.2, 0) is 0 Å². The molecule has 0 unspecified atom stereocenters. The smallest absolute Gasteiger partial charge is 0.194 e. The van der Waals surface area contributed by atoms with Crippen molar-refractivity contribution in [3.8, 4) is 0 Å². The van der Waals surface area contributed by atoms with E-state index in [4.69, 9.17) is 0 Å². The highest BCUT2D eigenvalue weighted by Crippen LogP contribution is 2.32. The van der Waals surface area contributed by atoms with Gasteiger partial charge in [-0.25, -0.2) is 13.2 Å². The average Bonchev–Trinajstić information content (AvgIpc) is 2.10. The maximum absolute atomic E-state index is 12.6. The molecule has 13 heavy (non-hydrogen) atoms. The number of benzene rings is 1. The fourth-order valence-corrected chi connectivity index (χ4v) is 2.31. The van der Waals surface area contributed by atoms with Crippen molar-refractivity contribution in [1.29, 1.82) is 0 Å². The molecule has 72 valence electrons. The van der Waals surface area contributed by atoms with Crippen LogP contribution in [0.3, 0.4) is 0 Å². The fourth-order valence-electron chi connectivity index (χ4n) is 0.707. The first kappa shape index (κ1) is 10.8. The summed E-state index contributed by atoms with van der Waals surface area (Å²) in [4.78, 5) is 0.392. The molecule has 0 bridgehead atoms. The summed E-state index contributed by atoms with van der Waals surface area (Å²) >= 11 is 0. The van der Waals surface area contributed by atoms with Gasteiger partial charge in [0.25, 0.3) is 0 Å². The minimum atomic E-state index is -1.41. The molecule has 0 atom stereocenters. The molecule has 0 aliphatic carbocycles. The van der Waals surface area contributed by atoms with E-state index >= 15 is 0 Å². The van der Waals surface area contributed by atoms with Crippen LogP contribution in [0.25, 0.3) is 0 Å². The van der Waals surface area contributed by atoms with Crippen molar-refractivity contribution in [2.75, 3.05) is 5.75 Å². The molecule has 0 N–H and O–H groups in total. The largest absolute Gasteiger partial charge is 0.204 e. The van der Waals surface area contributed by atoms with Gasteiger partial charge in [0.15, 0.2) is 17.5 Å². The van der Waals surface area contributed by atoms with E-state index in [9.17, 15) is 13.2 Å². The Balaban J connectivity index is 2.86. The van der Waals surface area contributed by atoms with Crippen LogP contribution >= 0.6 is 21.6 Å². The molecule has 0 amide bonds. The number of hydrogen-bond acceptors (Lipinski definition) is 2. The molecule has 0 saturated heterocycles. The third-order valence-electron chi connectivity index (χ3n) is 1.23. The zero-order valence-electron chi connectivity index (χ0n) is 6.81. The van der Waals surface area contributed by atoms with Crippen LogP contribution in [0, 0.1) is 17.5 Å². The number of rotatable bonds is 3. The Morgan fingerprint density at radius 1 is 1.15 bits per heavy atom. The van der Waals surface area contributed by atoms with Crippen molar-refractivity contribution in [1.82, 2.24) is 0 Å². The predicted molar refractivity (Wildman–Crippen MR) is 50.3 cm³/mol. The molecule has 0 saturated carbocycles. The van der Waals surface area contributed by atoms with Crippen LogP contribution in [0.5, 0.6) is 0 Å². The fraction of sp³-hybridized carbons (Fsp3) is 0.250. The molecule has 1 aromatic rings. The monoisotopic (exact) mass is 224 g/mol. The van der Waals surface area contributed by atoms with Gasteiger partial charge in [-0.3, -0.25) is 0 Å². The van der Waals surface area contributed by atoms with Crippen molar-refractivity contribution in [3.05, 3.63) is 29.6 Å². The van der Waals surface area contributed by atoms with Crippen LogP contribution in [0.15, 0.2) is 17.0 Å². The lowest BCUT2D eigenvalue weighted by molar-refractivity contribution is 0.443. The predicted octanol–water partition coefficient (Wildman–Crippen LogP) is 3.86. The Morgan fingerprint density at radius 3 is 2.15 bits per heavy atom. The molecule has 0 spiro atoms. The maximum atomic E-state index is 12.6. The Morgan fingerprint density at radius 2 is 1.69 bits per heavy atom. The molecule has 0 nitrogen and oxygen atoms in total. The van der Waals surface area contributed by atoms with Crippen molar-refractivity contribution >= 4 is 21.6 Å². The molecule has 0 aromatic heterocycles. The summed E-state index contributed by atoms with van der Waals surface area (Å²) in [6.07, 6.45) is 0. The lowest BCUT2D eigenvalue weighted by Gasteiger charge is -2.00. The van der Waals surface area contributed by atoms with Gasteiger partial charge in [0.05, 0.1) is 0 Å². The maximum Gasteiger partial charge on any atom is 0.194 e. The lowest BCUT2D eigenvalue weighted by atomic mass is 10.3. The first-order valence-electron chi connectivity index (χ1n) is 3.59. The van der Waals surface area contributed by atoms with Crippen molar-refractivity contribution in [3.63, 3.8) is 0 Å². The van der Waals surface area contributed by atoms with E-state index in [-0.39, 0.29) is 0 Å². The highest BCUT2D eigenvalue weighted by Gasteiger charge is 2.10. The van der Waals surface area contributed by atoms with Gasteiger partial charge in [0, 0.05) is 10.6 Å². The van der Waals surface area contributed by atoms with Crippen molar-refractivity contribution < 1.29 is 13.2 Å². The summed E-state index contributed by atoms with van der Waals surface area (Å²) in [6.45, 7) is 1.92. The second-order valence-electron chi connectivity index (χ2n) is 2.19. The van der Waals surface area contributed by atoms with Crippen LogP contribution in [-0.4, -0.2) is 5.75 Å². The molecule has 0 radical (unpaired) electrons. The minimum Gasteiger partial charge on any atom is -0.204 e. The highest BCUT2D eigenvalue weighted by atomic mass is 33.1. The second-order valence-corrected chi connectivity index (χ2v) is 4.85. The molecule has 0 heterocycles. The highest BCUT2D eigenvalue weighted by molar-refractivity contribution is 8.76. The van der Waals surface area contributed by atoms with Crippen LogP contribution < -0.4 is 0 Å². The van der Waals surface area contributed by atoms with Crippen LogP contribution in [0.2, 0.25) is 0 Å². The Bertz CT molecular complexity index is 278. The van der Waals surface area contributed by atoms with Crippen LogP contribution in [0.1, 0.15) is 6.92 Å². The Kier molecular flexibility index (Phi) is 3.99. The van der Waals surface area contributed by atoms with Gasteiger partial charge in [-0.15, -0.1) is 0 Å². The van der Waals surface area contributed by atoms with E-state index in [2.05, 4.69) is 0 Å². The lowest BCUT2D eigenvalue weighted by Crippen LogP contribution is -1.89. The number of hydrogen-bond donors (Lipinski definition) is 0. The molecule has 1 aromatic carbocycles. The van der Waals surface area contributed by atoms with Crippen molar-refractivity contribution in [2.24, 2.45) is 0 Å². The molecule has 5 heteroatoms. The Hall–Kier alpha value is -0.290. The summed E-state index contributed by atoms with van der Waals surface area (Å²) in [5.41, 5.74) is 0. The van der Waals surface area contributed by atoms with Gasteiger partial charge in [0.2, 0.25) is 0 Å².